The van der Waals surface area contributed by atoms with Crippen LogP contribution >= 0.6 is 0 Å². The van der Waals surface area contributed by atoms with E-state index >= 15 is 0 Å². The molecule has 0 heterocycles. The second kappa shape index (κ2) is 4.33. The summed E-state index contributed by atoms with van der Waals surface area (Å²) in [4.78, 5) is 25.2. The number of rotatable bonds is 5. The van der Waals surface area contributed by atoms with Crippen LogP contribution in [0.15, 0.2) is 30.3 Å². The molecule has 3 rings (SSSR count). The minimum Gasteiger partial charge on any atom is -0.480 e. The molecule has 0 unspecified atom stereocenters. The fourth-order valence-electron chi connectivity index (χ4n) is 3.02. The Kier molecular flexibility index (Phi) is 2.85. The summed E-state index contributed by atoms with van der Waals surface area (Å²) in [5.41, 5.74) is 0.168. The molecule has 1 N–H and O–H groups in total. The van der Waals surface area contributed by atoms with Gasteiger partial charge in [0.25, 0.3) is 0 Å². The van der Waals surface area contributed by atoms with Crippen LogP contribution < -0.4 is 0 Å². The summed E-state index contributed by atoms with van der Waals surface area (Å²) in [5.74, 6) is -1.20. The molecule has 0 spiro atoms. The smallest absolute Gasteiger partial charge is 0.319 e. The third-order valence-corrected chi connectivity index (χ3v) is 4.70. The van der Waals surface area contributed by atoms with E-state index in [0.717, 1.165) is 12.8 Å². The Bertz CT molecular complexity index is 544. The van der Waals surface area contributed by atoms with Crippen LogP contribution in [0.2, 0.25) is 0 Å². The highest BCUT2D eigenvalue weighted by atomic mass is 16.4. The molecule has 0 aliphatic heterocycles. The first-order chi connectivity index (χ1) is 9.50. The van der Waals surface area contributed by atoms with E-state index in [4.69, 9.17) is 0 Å². The third-order valence-electron chi connectivity index (χ3n) is 4.70. The van der Waals surface area contributed by atoms with Gasteiger partial charge in [0.2, 0.25) is 5.91 Å². The SMILES string of the molecule is CN(CC1(c2ccccc2)CC1)C(=O)C1(C(=O)O)CC1. The van der Waals surface area contributed by atoms with E-state index in [1.54, 1.807) is 11.9 Å². The molecule has 20 heavy (non-hydrogen) atoms. The second-order valence-electron chi connectivity index (χ2n) is 6.19. The second-order valence-corrected chi connectivity index (χ2v) is 6.19. The molecule has 1 aromatic rings. The van der Waals surface area contributed by atoms with Crippen LogP contribution in [0.25, 0.3) is 0 Å². The van der Waals surface area contributed by atoms with Crippen molar-refractivity contribution >= 4 is 11.9 Å². The molecule has 0 aromatic heterocycles. The van der Waals surface area contributed by atoms with Crippen molar-refractivity contribution in [1.82, 2.24) is 4.90 Å². The molecule has 4 nitrogen and oxygen atoms in total. The molecule has 1 amide bonds. The summed E-state index contributed by atoms with van der Waals surface area (Å²) >= 11 is 0. The van der Waals surface area contributed by atoms with E-state index < -0.39 is 11.4 Å². The first kappa shape index (κ1) is 13.2. The summed E-state index contributed by atoms with van der Waals surface area (Å²) in [7, 11) is 1.73. The predicted octanol–water partition coefficient (Wildman–Crippen LogP) is 2.04. The van der Waals surface area contributed by atoms with E-state index in [0.29, 0.717) is 19.4 Å². The van der Waals surface area contributed by atoms with Crippen molar-refractivity contribution in [3.63, 3.8) is 0 Å². The fraction of sp³-hybridized carbons (Fsp3) is 0.500. The topological polar surface area (TPSA) is 57.6 Å². The van der Waals surface area contributed by atoms with Gasteiger partial charge in [-0.2, -0.15) is 0 Å². The predicted molar refractivity (Wildman–Crippen MR) is 74.3 cm³/mol. The van der Waals surface area contributed by atoms with Crippen molar-refractivity contribution in [2.45, 2.75) is 31.1 Å². The molecule has 0 radical (unpaired) electrons. The number of nitrogens with zero attached hydrogens (tertiary/aromatic N) is 1. The van der Waals surface area contributed by atoms with Crippen LogP contribution in [-0.4, -0.2) is 35.5 Å². The normalized spacial score (nSPS) is 21.1. The average molecular weight is 273 g/mol. The van der Waals surface area contributed by atoms with Crippen molar-refractivity contribution < 1.29 is 14.7 Å². The van der Waals surface area contributed by atoms with Gasteiger partial charge in [0.05, 0.1) is 0 Å². The molecular weight excluding hydrogens is 254 g/mol. The summed E-state index contributed by atoms with van der Waals surface area (Å²) in [6.45, 7) is 0.616. The Labute approximate surface area is 118 Å². The zero-order valence-corrected chi connectivity index (χ0v) is 11.6. The van der Waals surface area contributed by atoms with E-state index in [1.165, 1.54) is 5.56 Å². The molecule has 2 aliphatic rings. The number of carbonyl (C=O) groups excluding carboxylic acids is 1. The van der Waals surface area contributed by atoms with E-state index in [2.05, 4.69) is 12.1 Å². The maximum atomic E-state index is 12.4. The van der Waals surface area contributed by atoms with Gasteiger partial charge in [-0.15, -0.1) is 0 Å². The lowest BCUT2D eigenvalue weighted by Crippen LogP contribution is -2.42. The number of carboxylic acid groups (broad SMARTS) is 1. The van der Waals surface area contributed by atoms with Gasteiger partial charge < -0.3 is 10.0 Å². The lowest BCUT2D eigenvalue weighted by molar-refractivity contribution is -0.153. The van der Waals surface area contributed by atoms with Crippen LogP contribution in [0.4, 0.5) is 0 Å². The number of hydrogen-bond acceptors (Lipinski definition) is 2. The van der Waals surface area contributed by atoms with Crippen LogP contribution in [0.3, 0.4) is 0 Å². The van der Waals surface area contributed by atoms with Crippen molar-refractivity contribution in [2.75, 3.05) is 13.6 Å². The molecule has 0 atom stereocenters. The molecule has 2 fully saturated rings. The number of aliphatic carboxylic acids is 1. The monoisotopic (exact) mass is 273 g/mol. The lowest BCUT2D eigenvalue weighted by atomic mass is 9.94. The number of carboxylic acids is 1. The van der Waals surface area contributed by atoms with E-state index in [9.17, 15) is 14.7 Å². The Morgan fingerprint density at radius 1 is 1.15 bits per heavy atom. The largest absolute Gasteiger partial charge is 0.480 e. The van der Waals surface area contributed by atoms with Crippen LogP contribution in [0.1, 0.15) is 31.2 Å². The van der Waals surface area contributed by atoms with Crippen molar-refractivity contribution in [2.24, 2.45) is 5.41 Å². The number of amides is 1. The molecular formula is C16H19NO3. The summed E-state index contributed by atoms with van der Waals surface area (Å²) in [5, 5.41) is 9.21. The fourth-order valence-corrected chi connectivity index (χ4v) is 3.02. The maximum Gasteiger partial charge on any atom is 0.319 e. The Morgan fingerprint density at radius 2 is 1.75 bits per heavy atom. The highest BCUT2D eigenvalue weighted by molar-refractivity contribution is 6.04. The summed E-state index contributed by atoms with van der Waals surface area (Å²) < 4.78 is 0. The van der Waals surface area contributed by atoms with Crippen molar-refractivity contribution in [3.8, 4) is 0 Å². The zero-order valence-electron chi connectivity index (χ0n) is 11.6. The first-order valence-corrected chi connectivity index (χ1v) is 7.05. The molecule has 1 aromatic carbocycles. The van der Waals surface area contributed by atoms with E-state index in [-0.39, 0.29) is 11.3 Å². The Morgan fingerprint density at radius 3 is 2.20 bits per heavy atom. The zero-order chi connectivity index (χ0) is 14.4. The summed E-state index contributed by atoms with van der Waals surface area (Å²) in [6.07, 6.45) is 3.08. The lowest BCUT2D eigenvalue weighted by Gasteiger charge is -2.26. The molecule has 0 saturated heterocycles. The number of likely N-dealkylation sites (N-methyl/N-ethyl adjacent to an activating group) is 1. The standard InChI is InChI=1S/C16H19NO3/c1-17(13(18)16(9-10-16)14(19)20)11-15(7-8-15)12-5-3-2-4-6-12/h2-6H,7-11H2,1H3,(H,19,20). The number of hydrogen-bond donors (Lipinski definition) is 1. The van der Waals surface area contributed by atoms with Crippen LogP contribution in [0, 0.1) is 5.41 Å². The molecule has 4 heteroatoms. The highest BCUT2D eigenvalue weighted by Crippen LogP contribution is 2.51. The molecule has 106 valence electrons. The average Bonchev–Trinajstić information content (AvgIpc) is 3.34. The number of carbonyl (C=O) groups is 2. The van der Waals surface area contributed by atoms with Gasteiger partial charge in [-0.1, -0.05) is 30.3 Å². The van der Waals surface area contributed by atoms with Crippen LogP contribution in [-0.2, 0) is 15.0 Å². The van der Waals surface area contributed by atoms with Gasteiger partial charge in [-0.05, 0) is 31.2 Å². The minimum atomic E-state index is -1.12. The number of benzene rings is 1. The Balaban J connectivity index is 1.72. The van der Waals surface area contributed by atoms with Crippen molar-refractivity contribution in [3.05, 3.63) is 35.9 Å². The Hall–Kier alpha value is -1.84. The summed E-state index contributed by atoms with van der Waals surface area (Å²) in [6, 6.07) is 10.2. The highest BCUT2D eigenvalue weighted by Gasteiger charge is 2.59. The van der Waals surface area contributed by atoms with Gasteiger partial charge >= 0.3 is 5.97 Å². The third kappa shape index (κ3) is 1.99. The first-order valence-electron chi connectivity index (χ1n) is 7.05. The van der Waals surface area contributed by atoms with Crippen molar-refractivity contribution in [1.29, 1.82) is 0 Å². The van der Waals surface area contributed by atoms with Gasteiger partial charge in [0.15, 0.2) is 0 Å². The minimum absolute atomic E-state index is 0.0419. The van der Waals surface area contributed by atoms with Gasteiger partial charge in [0, 0.05) is 19.0 Å². The van der Waals surface area contributed by atoms with Gasteiger partial charge in [-0.25, -0.2) is 0 Å². The molecule has 2 saturated carbocycles. The maximum absolute atomic E-state index is 12.4. The molecule has 0 bridgehead atoms. The van der Waals surface area contributed by atoms with E-state index in [1.807, 2.05) is 18.2 Å². The van der Waals surface area contributed by atoms with Crippen LogP contribution in [0.5, 0.6) is 0 Å². The quantitative estimate of drug-likeness (QED) is 0.835. The molecule has 2 aliphatic carbocycles. The van der Waals surface area contributed by atoms with Gasteiger partial charge in [0.1, 0.15) is 5.41 Å². The van der Waals surface area contributed by atoms with Gasteiger partial charge in [-0.3, -0.25) is 9.59 Å².